The molecule has 3 amide bonds. The molecule has 41 heavy (non-hydrogen) atoms. The topological polar surface area (TPSA) is 87.7 Å². The van der Waals surface area contributed by atoms with Crippen molar-refractivity contribution in [2.75, 3.05) is 17.6 Å². The number of aryl methyl sites for hydroxylation is 1. The molecule has 224 valence electrons. The van der Waals surface area contributed by atoms with E-state index < -0.39 is 35.6 Å². The molecule has 0 aromatic heterocycles. The highest BCUT2D eigenvalue weighted by Gasteiger charge is 2.36. The highest BCUT2D eigenvalue weighted by atomic mass is 35.5. The number of hydrogen-bond donors (Lipinski definition) is 3. The molecule has 2 aromatic carbocycles. The molecule has 2 unspecified atom stereocenters. The third kappa shape index (κ3) is 10.7. The van der Waals surface area contributed by atoms with Crippen molar-refractivity contribution in [3.05, 3.63) is 70.8 Å². The number of para-hydroxylation sites is 1. The van der Waals surface area contributed by atoms with Gasteiger partial charge in [0.1, 0.15) is 17.7 Å². The molecule has 0 fully saturated rings. The number of rotatable bonds is 14. The number of nitrogens with zero attached hydrogens (tertiary/aromatic N) is 1. The van der Waals surface area contributed by atoms with E-state index in [9.17, 15) is 14.4 Å². The molecule has 7 nitrogen and oxygen atoms in total. The number of thiol groups is 1. The Labute approximate surface area is 255 Å². The van der Waals surface area contributed by atoms with Crippen LogP contribution in [-0.4, -0.2) is 46.7 Å². The molecular formula is C32H44ClN3O4S. The number of ether oxygens (including phenoxy) is 1. The van der Waals surface area contributed by atoms with Crippen LogP contribution in [0.3, 0.4) is 0 Å². The fourth-order valence-electron chi connectivity index (χ4n) is 4.40. The average molecular weight is 602 g/mol. The summed E-state index contributed by atoms with van der Waals surface area (Å²) in [5.74, 6) is -0.824. The standard InChI is InChI=1S/C32H44ClN3O4S/c1-7-9-10-11-12-19-36(30(38)26(21-41)34-31(39)40-32(4,5)6)28(24-17-14-16-23(8-2)20-24)29(37)35-27-22(3)15-13-18-25(27)33/h8,13-18,20,26,28,41H,2,7,9-12,19,21H2,1,3-6H3,(H,34,39)(H,35,37). The van der Waals surface area contributed by atoms with Crippen LogP contribution in [0, 0.1) is 6.92 Å². The minimum Gasteiger partial charge on any atom is -0.444 e. The zero-order valence-electron chi connectivity index (χ0n) is 24.8. The molecular weight excluding hydrogens is 558 g/mol. The third-order valence-electron chi connectivity index (χ3n) is 6.45. The Morgan fingerprint density at radius 2 is 1.78 bits per heavy atom. The Morgan fingerprint density at radius 3 is 2.39 bits per heavy atom. The van der Waals surface area contributed by atoms with Gasteiger partial charge in [-0.25, -0.2) is 4.79 Å². The summed E-state index contributed by atoms with van der Waals surface area (Å²) in [4.78, 5) is 42.4. The number of unbranched alkanes of at least 4 members (excludes halogenated alkanes) is 4. The number of nitrogens with one attached hydrogen (secondary N) is 2. The van der Waals surface area contributed by atoms with Crippen molar-refractivity contribution in [3.63, 3.8) is 0 Å². The SMILES string of the molecule is C=Cc1cccc(C(C(=O)Nc2c(C)cccc2Cl)N(CCCCCCC)C(=O)C(CS)NC(=O)OC(C)(C)C)c1. The lowest BCUT2D eigenvalue weighted by molar-refractivity contribution is -0.140. The van der Waals surface area contributed by atoms with Crippen LogP contribution >= 0.6 is 24.2 Å². The number of carbonyl (C=O) groups is 3. The molecule has 0 aliphatic rings. The second-order valence-corrected chi connectivity index (χ2v) is 11.8. The summed E-state index contributed by atoms with van der Waals surface area (Å²) >= 11 is 10.8. The van der Waals surface area contributed by atoms with Crippen molar-refractivity contribution in [1.29, 1.82) is 0 Å². The summed E-state index contributed by atoms with van der Waals surface area (Å²) in [6.07, 6.45) is 5.74. The molecule has 0 spiro atoms. The van der Waals surface area contributed by atoms with Gasteiger partial charge in [0, 0.05) is 12.3 Å². The van der Waals surface area contributed by atoms with Crippen LogP contribution in [0.15, 0.2) is 49.0 Å². The predicted molar refractivity (Wildman–Crippen MR) is 172 cm³/mol. The monoisotopic (exact) mass is 601 g/mol. The Balaban J connectivity index is 2.55. The molecule has 0 aliphatic heterocycles. The maximum Gasteiger partial charge on any atom is 0.408 e. The largest absolute Gasteiger partial charge is 0.444 e. The number of benzene rings is 2. The second kappa shape index (κ2) is 16.5. The highest BCUT2D eigenvalue weighted by molar-refractivity contribution is 7.80. The number of amides is 3. The second-order valence-electron chi connectivity index (χ2n) is 11.0. The van der Waals surface area contributed by atoms with Gasteiger partial charge in [-0.15, -0.1) is 0 Å². The lowest BCUT2D eigenvalue weighted by Crippen LogP contribution is -2.53. The Morgan fingerprint density at radius 1 is 1.10 bits per heavy atom. The van der Waals surface area contributed by atoms with Crippen LogP contribution in [0.4, 0.5) is 10.5 Å². The van der Waals surface area contributed by atoms with E-state index in [-0.39, 0.29) is 5.75 Å². The quantitative estimate of drug-likeness (QED) is 0.154. The Bertz CT molecular complexity index is 1180. The van der Waals surface area contributed by atoms with Crippen LogP contribution in [0.1, 0.15) is 82.5 Å². The molecule has 2 rings (SSSR count). The molecule has 0 heterocycles. The molecule has 0 radical (unpaired) electrons. The first-order valence-corrected chi connectivity index (χ1v) is 15.1. The Kier molecular flexibility index (Phi) is 13.7. The van der Waals surface area contributed by atoms with Crippen LogP contribution < -0.4 is 10.6 Å². The number of halogens is 1. The van der Waals surface area contributed by atoms with Crippen molar-refractivity contribution in [2.24, 2.45) is 0 Å². The Hall–Kier alpha value is -2.97. The van der Waals surface area contributed by atoms with E-state index in [0.29, 0.717) is 29.2 Å². The van der Waals surface area contributed by atoms with Gasteiger partial charge in [-0.1, -0.05) is 87.2 Å². The van der Waals surface area contributed by atoms with Gasteiger partial charge in [0.25, 0.3) is 5.91 Å². The van der Waals surface area contributed by atoms with Gasteiger partial charge in [0.05, 0.1) is 10.7 Å². The van der Waals surface area contributed by atoms with Crippen LogP contribution in [0.5, 0.6) is 0 Å². The first-order chi connectivity index (χ1) is 19.4. The molecule has 2 N–H and O–H groups in total. The van der Waals surface area contributed by atoms with Crippen molar-refractivity contribution in [2.45, 2.75) is 84.4 Å². The van der Waals surface area contributed by atoms with Crippen LogP contribution in [0.2, 0.25) is 5.02 Å². The fraction of sp³-hybridized carbons (Fsp3) is 0.469. The zero-order chi connectivity index (χ0) is 30.6. The number of anilines is 1. The molecule has 9 heteroatoms. The van der Waals surface area contributed by atoms with Crippen molar-refractivity contribution >= 4 is 53.9 Å². The summed E-state index contributed by atoms with van der Waals surface area (Å²) in [7, 11) is 0. The minimum atomic E-state index is -1.01. The minimum absolute atomic E-state index is 0.0229. The molecule has 0 aliphatic carbocycles. The van der Waals surface area contributed by atoms with E-state index in [1.807, 2.05) is 43.3 Å². The smallest absolute Gasteiger partial charge is 0.408 e. The first-order valence-electron chi connectivity index (χ1n) is 14.1. The van der Waals surface area contributed by atoms with E-state index in [2.05, 4.69) is 36.8 Å². The molecule has 0 bridgehead atoms. The molecule has 0 saturated heterocycles. The average Bonchev–Trinajstić information content (AvgIpc) is 2.91. The van der Waals surface area contributed by atoms with Gasteiger partial charge >= 0.3 is 6.09 Å². The maximum atomic E-state index is 14.1. The summed E-state index contributed by atoms with van der Waals surface area (Å²) in [5.41, 5.74) is 1.95. The van der Waals surface area contributed by atoms with Gasteiger partial charge in [-0.3, -0.25) is 9.59 Å². The van der Waals surface area contributed by atoms with E-state index in [1.165, 1.54) is 4.90 Å². The summed E-state index contributed by atoms with van der Waals surface area (Å²) in [6.45, 7) is 13.4. The van der Waals surface area contributed by atoms with Gasteiger partial charge in [-0.2, -0.15) is 12.6 Å². The molecule has 2 atom stereocenters. The van der Waals surface area contributed by atoms with Gasteiger partial charge in [0.2, 0.25) is 5.91 Å². The van der Waals surface area contributed by atoms with Gasteiger partial charge < -0.3 is 20.3 Å². The summed E-state index contributed by atoms with van der Waals surface area (Å²) in [6, 6.07) is 10.7. The highest BCUT2D eigenvalue weighted by Crippen LogP contribution is 2.30. The zero-order valence-corrected chi connectivity index (χ0v) is 26.5. The first kappa shape index (κ1) is 34.2. The number of hydrogen-bond acceptors (Lipinski definition) is 5. The maximum absolute atomic E-state index is 14.1. The van der Waals surface area contributed by atoms with Crippen molar-refractivity contribution in [1.82, 2.24) is 10.2 Å². The normalized spacial score (nSPS) is 12.7. The number of alkyl carbamates (subject to hydrolysis) is 1. The van der Waals surface area contributed by atoms with Crippen molar-refractivity contribution in [3.8, 4) is 0 Å². The fourth-order valence-corrected chi connectivity index (χ4v) is 4.91. The third-order valence-corrected chi connectivity index (χ3v) is 7.13. The predicted octanol–water partition coefficient (Wildman–Crippen LogP) is 7.59. The number of carbonyl (C=O) groups excluding carboxylic acids is 3. The van der Waals surface area contributed by atoms with E-state index in [1.54, 1.807) is 32.9 Å². The van der Waals surface area contributed by atoms with Gasteiger partial charge in [0.15, 0.2) is 0 Å². The summed E-state index contributed by atoms with van der Waals surface area (Å²) in [5, 5.41) is 6.02. The molecule has 2 aromatic rings. The van der Waals surface area contributed by atoms with E-state index >= 15 is 0 Å². The van der Waals surface area contributed by atoms with Crippen molar-refractivity contribution < 1.29 is 19.1 Å². The van der Waals surface area contributed by atoms with Crippen LogP contribution in [-0.2, 0) is 14.3 Å². The van der Waals surface area contributed by atoms with E-state index in [0.717, 1.165) is 36.8 Å². The molecule has 0 saturated carbocycles. The lowest BCUT2D eigenvalue weighted by Gasteiger charge is -2.34. The summed E-state index contributed by atoms with van der Waals surface area (Å²) < 4.78 is 5.39. The lowest BCUT2D eigenvalue weighted by atomic mass is 9.99. The van der Waals surface area contributed by atoms with E-state index in [4.69, 9.17) is 16.3 Å². The van der Waals surface area contributed by atoms with Gasteiger partial charge in [-0.05, 0) is 62.9 Å². The van der Waals surface area contributed by atoms with Crippen LogP contribution in [0.25, 0.3) is 6.08 Å².